The molecule has 2 aliphatic rings. The standard InChI is InChI=1S/C11H13N/c1-9-6-7-11(8-9)12-10-4-2-3-5-10/h2,4,8H,1,3,5-7H2/b12-10-. The number of rotatable bonds is 1. The first-order valence-electron chi connectivity index (χ1n) is 4.47. The maximum atomic E-state index is 4.56. The molecule has 0 unspecified atom stereocenters. The van der Waals surface area contributed by atoms with Crippen LogP contribution in [0.5, 0.6) is 0 Å². The number of hydrogen-bond acceptors (Lipinski definition) is 1. The van der Waals surface area contributed by atoms with Crippen molar-refractivity contribution in [1.29, 1.82) is 0 Å². The Morgan fingerprint density at radius 1 is 1.25 bits per heavy atom. The Morgan fingerprint density at radius 2 is 2.17 bits per heavy atom. The second-order valence-electron chi connectivity index (χ2n) is 3.34. The second-order valence-corrected chi connectivity index (χ2v) is 3.34. The Kier molecular flexibility index (Phi) is 1.94. The molecule has 1 heteroatoms. The summed E-state index contributed by atoms with van der Waals surface area (Å²) in [4.78, 5) is 4.56. The molecule has 0 aromatic heterocycles. The predicted molar refractivity (Wildman–Crippen MR) is 52.3 cm³/mol. The van der Waals surface area contributed by atoms with Crippen LogP contribution in [0.1, 0.15) is 25.7 Å². The van der Waals surface area contributed by atoms with Gasteiger partial charge in [-0.05, 0) is 37.8 Å². The Labute approximate surface area is 73.2 Å². The van der Waals surface area contributed by atoms with Crippen LogP contribution in [0.4, 0.5) is 0 Å². The molecule has 0 saturated carbocycles. The summed E-state index contributed by atoms with van der Waals surface area (Å²) >= 11 is 0. The summed E-state index contributed by atoms with van der Waals surface area (Å²) in [5, 5.41) is 0. The summed E-state index contributed by atoms with van der Waals surface area (Å²) in [6, 6.07) is 0. The lowest BCUT2D eigenvalue weighted by Crippen LogP contribution is -1.87. The van der Waals surface area contributed by atoms with Crippen LogP contribution in [0.25, 0.3) is 0 Å². The maximum Gasteiger partial charge on any atom is 0.0412 e. The fourth-order valence-electron chi connectivity index (χ4n) is 1.57. The van der Waals surface area contributed by atoms with Crippen molar-refractivity contribution in [3.05, 3.63) is 36.1 Å². The highest BCUT2D eigenvalue weighted by atomic mass is 14.8. The van der Waals surface area contributed by atoms with Crippen LogP contribution >= 0.6 is 0 Å². The van der Waals surface area contributed by atoms with E-state index in [4.69, 9.17) is 0 Å². The average molecular weight is 159 g/mol. The van der Waals surface area contributed by atoms with Crippen molar-refractivity contribution >= 4 is 5.71 Å². The molecule has 0 saturated heterocycles. The van der Waals surface area contributed by atoms with E-state index in [-0.39, 0.29) is 0 Å². The van der Waals surface area contributed by atoms with E-state index in [0.29, 0.717) is 0 Å². The maximum absolute atomic E-state index is 4.56. The lowest BCUT2D eigenvalue weighted by atomic mass is 10.3. The van der Waals surface area contributed by atoms with Crippen molar-refractivity contribution in [2.75, 3.05) is 0 Å². The SMILES string of the molecule is C=C1C=C(/N=C2/C=CCC2)CC1. The van der Waals surface area contributed by atoms with Gasteiger partial charge in [-0.1, -0.05) is 18.2 Å². The van der Waals surface area contributed by atoms with Crippen LogP contribution < -0.4 is 0 Å². The minimum absolute atomic E-state index is 1.08. The topological polar surface area (TPSA) is 12.4 Å². The summed E-state index contributed by atoms with van der Waals surface area (Å²) in [6.45, 7) is 3.92. The molecule has 0 heterocycles. The molecule has 0 aromatic rings. The van der Waals surface area contributed by atoms with Gasteiger partial charge in [0.1, 0.15) is 0 Å². The molecule has 0 aromatic carbocycles. The summed E-state index contributed by atoms with van der Waals surface area (Å²) < 4.78 is 0. The van der Waals surface area contributed by atoms with Gasteiger partial charge in [0.15, 0.2) is 0 Å². The van der Waals surface area contributed by atoms with E-state index >= 15 is 0 Å². The van der Waals surface area contributed by atoms with Crippen LogP contribution in [-0.4, -0.2) is 5.71 Å². The minimum atomic E-state index is 1.08. The highest BCUT2D eigenvalue weighted by molar-refractivity contribution is 5.97. The van der Waals surface area contributed by atoms with E-state index in [1.165, 1.54) is 17.0 Å². The van der Waals surface area contributed by atoms with Crippen LogP contribution in [0.2, 0.25) is 0 Å². The Bertz CT molecular complexity index is 292. The summed E-state index contributed by atoms with van der Waals surface area (Å²) in [5.41, 5.74) is 3.66. The first-order valence-corrected chi connectivity index (χ1v) is 4.47. The van der Waals surface area contributed by atoms with Crippen LogP contribution in [0.15, 0.2) is 41.1 Å². The third kappa shape index (κ3) is 1.55. The van der Waals surface area contributed by atoms with Gasteiger partial charge >= 0.3 is 0 Å². The molecule has 2 aliphatic carbocycles. The van der Waals surface area contributed by atoms with E-state index in [1.807, 2.05) is 0 Å². The third-order valence-electron chi connectivity index (χ3n) is 2.24. The fourth-order valence-corrected chi connectivity index (χ4v) is 1.57. The molecule has 0 aliphatic heterocycles. The minimum Gasteiger partial charge on any atom is -0.258 e. The highest BCUT2D eigenvalue weighted by Crippen LogP contribution is 2.23. The van der Waals surface area contributed by atoms with Gasteiger partial charge in [-0.3, -0.25) is 4.99 Å². The molecule has 0 radical (unpaired) electrons. The van der Waals surface area contributed by atoms with Crippen molar-refractivity contribution in [3.63, 3.8) is 0 Å². The summed E-state index contributed by atoms with van der Waals surface area (Å²) in [6.07, 6.45) is 10.9. The lowest BCUT2D eigenvalue weighted by Gasteiger charge is -1.93. The smallest absolute Gasteiger partial charge is 0.0412 e. The Hall–Kier alpha value is -1.11. The molecule has 0 bridgehead atoms. The molecular weight excluding hydrogens is 146 g/mol. The molecule has 0 amide bonds. The van der Waals surface area contributed by atoms with Crippen LogP contribution in [0.3, 0.4) is 0 Å². The van der Waals surface area contributed by atoms with Gasteiger partial charge in [0.25, 0.3) is 0 Å². The molecule has 0 spiro atoms. The largest absolute Gasteiger partial charge is 0.258 e. The average Bonchev–Trinajstić information content (AvgIpc) is 2.63. The van der Waals surface area contributed by atoms with Crippen LogP contribution in [0, 0.1) is 0 Å². The molecule has 12 heavy (non-hydrogen) atoms. The van der Waals surface area contributed by atoms with E-state index in [9.17, 15) is 0 Å². The fraction of sp³-hybridized carbons (Fsp3) is 0.364. The van der Waals surface area contributed by atoms with E-state index < -0.39 is 0 Å². The lowest BCUT2D eigenvalue weighted by molar-refractivity contribution is 0.991. The molecular formula is C11H13N. The number of aliphatic imine (C=N–C) groups is 1. The summed E-state index contributed by atoms with van der Waals surface area (Å²) in [7, 11) is 0. The Morgan fingerprint density at radius 3 is 2.75 bits per heavy atom. The molecule has 62 valence electrons. The van der Waals surface area contributed by atoms with Crippen molar-refractivity contribution < 1.29 is 0 Å². The predicted octanol–water partition coefficient (Wildman–Crippen LogP) is 3.01. The molecule has 0 N–H and O–H groups in total. The van der Waals surface area contributed by atoms with Gasteiger partial charge in [0.05, 0.1) is 0 Å². The van der Waals surface area contributed by atoms with Crippen molar-refractivity contribution in [2.45, 2.75) is 25.7 Å². The second kappa shape index (κ2) is 3.10. The monoisotopic (exact) mass is 159 g/mol. The van der Waals surface area contributed by atoms with Crippen LogP contribution in [-0.2, 0) is 0 Å². The molecule has 1 nitrogen and oxygen atoms in total. The molecule has 0 atom stereocenters. The zero-order valence-electron chi connectivity index (χ0n) is 7.21. The van der Waals surface area contributed by atoms with E-state index in [0.717, 1.165) is 25.7 Å². The zero-order chi connectivity index (χ0) is 8.39. The van der Waals surface area contributed by atoms with E-state index in [2.05, 4.69) is 29.8 Å². The third-order valence-corrected chi connectivity index (χ3v) is 2.24. The Balaban J connectivity index is 2.11. The zero-order valence-corrected chi connectivity index (χ0v) is 7.21. The molecule has 0 fully saturated rings. The van der Waals surface area contributed by atoms with Gasteiger partial charge in [0, 0.05) is 11.4 Å². The van der Waals surface area contributed by atoms with Gasteiger partial charge in [-0.25, -0.2) is 0 Å². The van der Waals surface area contributed by atoms with Crippen molar-refractivity contribution in [3.8, 4) is 0 Å². The van der Waals surface area contributed by atoms with Gasteiger partial charge in [-0.2, -0.15) is 0 Å². The first-order chi connectivity index (χ1) is 5.84. The molecule has 2 rings (SSSR count). The summed E-state index contributed by atoms with van der Waals surface area (Å²) in [5.74, 6) is 0. The van der Waals surface area contributed by atoms with Gasteiger partial charge < -0.3 is 0 Å². The van der Waals surface area contributed by atoms with Crippen molar-refractivity contribution in [2.24, 2.45) is 4.99 Å². The normalized spacial score (nSPS) is 25.5. The highest BCUT2D eigenvalue weighted by Gasteiger charge is 2.08. The number of allylic oxidation sites excluding steroid dienone is 5. The number of hydrogen-bond donors (Lipinski definition) is 0. The van der Waals surface area contributed by atoms with Gasteiger partial charge in [0.2, 0.25) is 0 Å². The van der Waals surface area contributed by atoms with Gasteiger partial charge in [-0.15, -0.1) is 0 Å². The quantitative estimate of drug-likeness (QED) is 0.557. The van der Waals surface area contributed by atoms with E-state index in [1.54, 1.807) is 0 Å². The van der Waals surface area contributed by atoms with Crippen molar-refractivity contribution in [1.82, 2.24) is 0 Å². The number of nitrogens with zero attached hydrogens (tertiary/aromatic N) is 1. The first kappa shape index (κ1) is 7.53.